The third kappa shape index (κ3) is 6.57. The van der Waals surface area contributed by atoms with Gasteiger partial charge in [-0.1, -0.05) is 76.6 Å². The highest BCUT2D eigenvalue weighted by atomic mass is 16.4. The van der Waals surface area contributed by atoms with Crippen molar-refractivity contribution < 1.29 is 14.7 Å². The average molecular weight is 428 g/mol. The summed E-state index contributed by atoms with van der Waals surface area (Å²) in [5.74, 6) is 0.188. The number of nitrogens with one attached hydrogen (secondary N) is 1. The van der Waals surface area contributed by atoms with Crippen LogP contribution in [-0.4, -0.2) is 23.0 Å². The summed E-state index contributed by atoms with van der Waals surface area (Å²) in [6.45, 7) is 4.36. The minimum Gasteiger partial charge on any atom is -0.480 e. The van der Waals surface area contributed by atoms with Gasteiger partial charge in [0.1, 0.15) is 6.04 Å². The Morgan fingerprint density at radius 3 is 2.16 bits per heavy atom. The van der Waals surface area contributed by atoms with Gasteiger partial charge in [-0.15, -0.1) is 0 Å². The van der Waals surface area contributed by atoms with Crippen LogP contribution in [-0.2, 0) is 16.0 Å². The van der Waals surface area contributed by atoms with Crippen molar-refractivity contribution in [2.24, 2.45) is 11.3 Å². The lowest BCUT2D eigenvalue weighted by molar-refractivity contribution is -0.144. The zero-order valence-corrected chi connectivity index (χ0v) is 19.5. The van der Waals surface area contributed by atoms with Gasteiger partial charge in [-0.25, -0.2) is 4.79 Å². The molecule has 0 aromatic heterocycles. The Labute approximate surface area is 188 Å². The molecule has 2 aliphatic rings. The van der Waals surface area contributed by atoms with E-state index >= 15 is 0 Å². The highest BCUT2D eigenvalue weighted by molar-refractivity contribution is 5.87. The third-order valence-electron chi connectivity index (χ3n) is 7.59. The lowest BCUT2D eigenvalue weighted by Crippen LogP contribution is -2.48. The smallest absolute Gasteiger partial charge is 0.326 e. The van der Waals surface area contributed by atoms with E-state index in [0.29, 0.717) is 18.3 Å². The predicted molar refractivity (Wildman–Crippen MR) is 125 cm³/mol. The van der Waals surface area contributed by atoms with Crippen LogP contribution >= 0.6 is 0 Å². The molecule has 2 saturated carbocycles. The summed E-state index contributed by atoms with van der Waals surface area (Å²) < 4.78 is 0. The van der Waals surface area contributed by atoms with Gasteiger partial charge < -0.3 is 10.4 Å². The number of amides is 1. The summed E-state index contributed by atoms with van der Waals surface area (Å²) in [7, 11) is 0. The standard InChI is InChI=1S/C27H41NO3/c1-20(2)15-18-27(16-7-8-17-27)26(31)28-24(25(29)30)19-21-11-13-23(14-12-21)22-9-5-3-4-6-10-22/h11-14,20,22,24H,3-10,15-19H2,1-2H3,(H,28,31)(H,29,30)/t24-/m0/s1. The van der Waals surface area contributed by atoms with Crippen molar-refractivity contribution in [3.05, 3.63) is 35.4 Å². The minimum atomic E-state index is -0.946. The fraction of sp³-hybridized carbons (Fsp3) is 0.704. The second kappa shape index (κ2) is 11.2. The quantitative estimate of drug-likeness (QED) is 0.459. The van der Waals surface area contributed by atoms with Crippen molar-refractivity contribution in [2.45, 2.75) is 109 Å². The Balaban J connectivity index is 1.63. The van der Waals surface area contributed by atoms with Gasteiger partial charge in [0.25, 0.3) is 0 Å². The maximum Gasteiger partial charge on any atom is 0.326 e. The van der Waals surface area contributed by atoms with Gasteiger partial charge in [-0.2, -0.15) is 0 Å². The normalized spacial score (nSPS) is 20.4. The van der Waals surface area contributed by atoms with E-state index in [4.69, 9.17) is 0 Å². The van der Waals surface area contributed by atoms with Crippen LogP contribution in [0.5, 0.6) is 0 Å². The van der Waals surface area contributed by atoms with E-state index in [0.717, 1.165) is 44.1 Å². The van der Waals surface area contributed by atoms with Crippen molar-refractivity contribution in [2.75, 3.05) is 0 Å². The number of carbonyl (C=O) groups is 2. The maximum absolute atomic E-state index is 13.2. The fourth-order valence-electron chi connectivity index (χ4n) is 5.49. The molecule has 1 amide bonds. The second-order valence-corrected chi connectivity index (χ2v) is 10.4. The van der Waals surface area contributed by atoms with Crippen LogP contribution in [0.3, 0.4) is 0 Å². The van der Waals surface area contributed by atoms with Crippen LogP contribution in [0.15, 0.2) is 24.3 Å². The maximum atomic E-state index is 13.2. The number of hydrogen-bond acceptors (Lipinski definition) is 2. The zero-order chi connectivity index (χ0) is 22.3. The predicted octanol–water partition coefficient (Wildman–Crippen LogP) is 6.23. The molecule has 4 heteroatoms. The van der Waals surface area contributed by atoms with Gasteiger partial charge in [-0.05, 0) is 61.5 Å². The van der Waals surface area contributed by atoms with Gasteiger partial charge in [0.15, 0.2) is 0 Å². The first-order valence-corrected chi connectivity index (χ1v) is 12.5. The van der Waals surface area contributed by atoms with E-state index in [1.807, 2.05) is 0 Å². The molecular weight excluding hydrogens is 386 g/mol. The van der Waals surface area contributed by atoms with Crippen LogP contribution in [0.25, 0.3) is 0 Å². The molecule has 0 saturated heterocycles. The van der Waals surface area contributed by atoms with Crippen molar-refractivity contribution >= 4 is 11.9 Å². The van der Waals surface area contributed by atoms with Gasteiger partial charge in [-0.3, -0.25) is 4.79 Å². The van der Waals surface area contributed by atoms with Crippen LogP contribution in [0.2, 0.25) is 0 Å². The Kier molecular flexibility index (Phi) is 8.57. The fourth-order valence-corrected chi connectivity index (χ4v) is 5.49. The molecule has 0 unspecified atom stereocenters. The summed E-state index contributed by atoms with van der Waals surface area (Å²) in [6, 6.07) is 7.60. The number of rotatable bonds is 9. The van der Waals surface area contributed by atoms with E-state index in [-0.39, 0.29) is 11.3 Å². The second-order valence-electron chi connectivity index (χ2n) is 10.4. The number of aliphatic carboxylic acids is 1. The van der Waals surface area contributed by atoms with Crippen molar-refractivity contribution in [3.8, 4) is 0 Å². The Morgan fingerprint density at radius 2 is 1.61 bits per heavy atom. The number of carbonyl (C=O) groups excluding carboxylic acids is 1. The lowest BCUT2D eigenvalue weighted by atomic mass is 9.78. The molecule has 2 N–H and O–H groups in total. The minimum absolute atomic E-state index is 0.0480. The lowest BCUT2D eigenvalue weighted by Gasteiger charge is -2.30. The van der Waals surface area contributed by atoms with Crippen LogP contribution < -0.4 is 5.32 Å². The zero-order valence-electron chi connectivity index (χ0n) is 19.5. The number of carboxylic acids is 1. The molecule has 0 spiro atoms. The van der Waals surface area contributed by atoms with Gasteiger partial charge in [0, 0.05) is 11.8 Å². The molecule has 1 aromatic rings. The monoisotopic (exact) mass is 427 g/mol. The highest BCUT2D eigenvalue weighted by Gasteiger charge is 2.42. The van der Waals surface area contributed by atoms with E-state index in [9.17, 15) is 14.7 Å². The van der Waals surface area contributed by atoms with Crippen molar-refractivity contribution in [1.29, 1.82) is 0 Å². The molecule has 0 aliphatic heterocycles. The molecule has 4 nitrogen and oxygen atoms in total. The van der Waals surface area contributed by atoms with Crippen LogP contribution in [0, 0.1) is 11.3 Å². The van der Waals surface area contributed by atoms with Crippen molar-refractivity contribution in [3.63, 3.8) is 0 Å². The molecule has 31 heavy (non-hydrogen) atoms. The molecule has 0 bridgehead atoms. The van der Waals surface area contributed by atoms with E-state index < -0.39 is 12.0 Å². The summed E-state index contributed by atoms with van der Waals surface area (Å²) in [5, 5.41) is 12.7. The van der Waals surface area contributed by atoms with Crippen LogP contribution in [0.1, 0.15) is 108 Å². The van der Waals surface area contributed by atoms with Crippen molar-refractivity contribution in [1.82, 2.24) is 5.32 Å². The summed E-state index contributed by atoms with van der Waals surface area (Å²) in [5.41, 5.74) is 1.98. The molecule has 172 valence electrons. The number of carboxylic acid groups (broad SMARTS) is 1. The Hall–Kier alpha value is -1.84. The molecular formula is C27H41NO3. The first kappa shape index (κ1) is 23.8. The van der Waals surface area contributed by atoms with Crippen LogP contribution in [0.4, 0.5) is 0 Å². The molecule has 2 fully saturated rings. The molecule has 2 aliphatic carbocycles. The van der Waals surface area contributed by atoms with E-state index in [1.165, 1.54) is 44.1 Å². The van der Waals surface area contributed by atoms with Gasteiger partial charge >= 0.3 is 5.97 Å². The molecule has 0 radical (unpaired) electrons. The average Bonchev–Trinajstić information content (AvgIpc) is 3.07. The van der Waals surface area contributed by atoms with E-state index in [2.05, 4.69) is 43.4 Å². The topological polar surface area (TPSA) is 66.4 Å². The molecule has 0 heterocycles. The SMILES string of the molecule is CC(C)CCC1(C(=O)N[C@@H](Cc2ccc(C3CCCCCC3)cc2)C(=O)O)CCCC1. The number of hydrogen-bond donors (Lipinski definition) is 2. The molecule has 1 atom stereocenters. The Bertz CT molecular complexity index is 711. The van der Waals surface area contributed by atoms with Gasteiger partial charge in [0.05, 0.1) is 0 Å². The first-order chi connectivity index (χ1) is 14.9. The van der Waals surface area contributed by atoms with E-state index in [1.54, 1.807) is 0 Å². The molecule has 1 aromatic carbocycles. The van der Waals surface area contributed by atoms with Gasteiger partial charge in [0.2, 0.25) is 5.91 Å². The Morgan fingerprint density at radius 1 is 1.00 bits per heavy atom. The third-order valence-corrected chi connectivity index (χ3v) is 7.59. The summed E-state index contributed by atoms with van der Waals surface area (Å²) >= 11 is 0. The summed E-state index contributed by atoms with van der Waals surface area (Å²) in [4.78, 5) is 25.2. The highest BCUT2D eigenvalue weighted by Crippen LogP contribution is 2.43. The number of benzene rings is 1. The largest absolute Gasteiger partial charge is 0.480 e. The first-order valence-electron chi connectivity index (χ1n) is 12.5. The summed E-state index contributed by atoms with van der Waals surface area (Å²) in [6.07, 6.45) is 13.9. The molecule has 3 rings (SSSR count).